The highest BCUT2D eigenvalue weighted by atomic mass is 16.5. The lowest BCUT2D eigenvalue weighted by Crippen LogP contribution is -2.41. The molecular weight excluding hydrogens is 404 g/mol. The molecule has 2 fully saturated rings. The van der Waals surface area contributed by atoms with E-state index in [1.165, 1.54) is 19.3 Å². The minimum Gasteiger partial charge on any atom is -0.491 e. The number of rotatable bonds is 10. The third kappa shape index (κ3) is 8.34. The van der Waals surface area contributed by atoms with Crippen molar-refractivity contribution < 1.29 is 14.3 Å². The molecule has 178 valence electrons. The van der Waals surface area contributed by atoms with Gasteiger partial charge in [0.1, 0.15) is 12.4 Å². The minimum absolute atomic E-state index is 0.114. The normalized spacial score (nSPS) is 19.6. The van der Waals surface area contributed by atoms with Crippen LogP contribution < -0.4 is 20.7 Å². The van der Waals surface area contributed by atoms with Crippen LogP contribution in [-0.4, -0.2) is 50.3 Å². The second kappa shape index (κ2) is 13.3. The molecule has 1 amide bonds. The van der Waals surface area contributed by atoms with Crippen molar-refractivity contribution in [2.24, 2.45) is 4.99 Å². The molecule has 7 nitrogen and oxygen atoms in total. The number of hydrogen-bond acceptors (Lipinski definition) is 4. The lowest BCUT2D eigenvalue weighted by molar-refractivity contribution is -0.121. The Hall–Kier alpha value is -2.28. The van der Waals surface area contributed by atoms with E-state index in [1.54, 1.807) is 0 Å². The molecular formula is C25H40N4O3. The van der Waals surface area contributed by atoms with E-state index in [1.807, 2.05) is 6.92 Å². The van der Waals surface area contributed by atoms with Gasteiger partial charge in [-0.1, -0.05) is 31.4 Å². The Kier molecular flexibility index (Phi) is 10.1. The Morgan fingerprint density at radius 3 is 2.75 bits per heavy atom. The quantitative estimate of drug-likeness (QED) is 0.380. The first kappa shape index (κ1) is 24.4. The lowest BCUT2D eigenvalue weighted by atomic mass is 9.95. The fourth-order valence-electron chi connectivity index (χ4n) is 4.23. The number of ether oxygens (including phenoxy) is 2. The van der Waals surface area contributed by atoms with Gasteiger partial charge in [0.15, 0.2) is 5.96 Å². The van der Waals surface area contributed by atoms with Gasteiger partial charge >= 0.3 is 0 Å². The number of benzene rings is 1. The highest BCUT2D eigenvalue weighted by Crippen LogP contribution is 2.23. The van der Waals surface area contributed by atoms with Crippen molar-refractivity contribution in [2.75, 3.05) is 26.3 Å². The van der Waals surface area contributed by atoms with Crippen molar-refractivity contribution in [1.82, 2.24) is 16.0 Å². The van der Waals surface area contributed by atoms with Crippen LogP contribution in [0.3, 0.4) is 0 Å². The Bertz CT molecular complexity index is 741. The summed E-state index contributed by atoms with van der Waals surface area (Å²) in [5.41, 5.74) is 2.20. The van der Waals surface area contributed by atoms with E-state index in [0.717, 1.165) is 55.7 Å². The van der Waals surface area contributed by atoms with Crippen molar-refractivity contribution >= 4 is 11.9 Å². The number of guanidine groups is 1. The molecule has 3 N–H and O–H groups in total. The number of amides is 1. The number of carbonyl (C=O) groups is 1. The number of nitrogens with one attached hydrogen (secondary N) is 3. The van der Waals surface area contributed by atoms with E-state index < -0.39 is 0 Å². The van der Waals surface area contributed by atoms with E-state index in [9.17, 15) is 4.79 Å². The SMILES string of the molecule is CCNC(=NCc1ccc(C)cc1OCC1CCCO1)NCCC(=O)NC1CCCCC1. The molecule has 1 unspecified atom stereocenters. The van der Waals surface area contributed by atoms with Crippen LogP contribution in [0.15, 0.2) is 23.2 Å². The fourth-order valence-corrected chi connectivity index (χ4v) is 4.23. The highest BCUT2D eigenvalue weighted by molar-refractivity contribution is 5.81. The first-order valence-electron chi connectivity index (χ1n) is 12.3. The van der Waals surface area contributed by atoms with E-state index in [-0.39, 0.29) is 12.0 Å². The zero-order valence-corrected chi connectivity index (χ0v) is 19.8. The van der Waals surface area contributed by atoms with Gasteiger partial charge in [0.2, 0.25) is 5.91 Å². The number of aliphatic imine (C=N–C) groups is 1. The van der Waals surface area contributed by atoms with Crippen molar-refractivity contribution in [3.63, 3.8) is 0 Å². The Morgan fingerprint density at radius 1 is 1.16 bits per heavy atom. The van der Waals surface area contributed by atoms with Gasteiger partial charge in [-0.05, 0) is 51.2 Å². The van der Waals surface area contributed by atoms with E-state index in [2.05, 4.69) is 41.1 Å². The lowest BCUT2D eigenvalue weighted by Gasteiger charge is -2.22. The van der Waals surface area contributed by atoms with Crippen LogP contribution in [0.5, 0.6) is 5.75 Å². The third-order valence-electron chi connectivity index (χ3n) is 6.04. The highest BCUT2D eigenvalue weighted by Gasteiger charge is 2.17. The zero-order chi connectivity index (χ0) is 22.6. The predicted molar refractivity (Wildman–Crippen MR) is 128 cm³/mol. The molecule has 0 aromatic heterocycles. The van der Waals surface area contributed by atoms with E-state index in [0.29, 0.717) is 38.1 Å². The fraction of sp³-hybridized carbons (Fsp3) is 0.680. The Morgan fingerprint density at radius 2 is 2.00 bits per heavy atom. The molecule has 1 saturated carbocycles. The van der Waals surface area contributed by atoms with Crippen LogP contribution in [0.1, 0.15) is 69.4 Å². The van der Waals surface area contributed by atoms with E-state index in [4.69, 9.17) is 14.5 Å². The molecule has 32 heavy (non-hydrogen) atoms. The molecule has 0 radical (unpaired) electrons. The average molecular weight is 445 g/mol. The maximum atomic E-state index is 12.2. The molecule has 1 heterocycles. The van der Waals surface area contributed by atoms with Gasteiger partial charge in [-0.2, -0.15) is 0 Å². The minimum atomic E-state index is 0.114. The maximum absolute atomic E-state index is 12.2. The van der Waals surface area contributed by atoms with Gasteiger partial charge in [0.05, 0.1) is 12.6 Å². The summed E-state index contributed by atoms with van der Waals surface area (Å²) in [6.07, 6.45) is 8.74. The van der Waals surface area contributed by atoms with Crippen molar-refractivity contribution in [2.45, 2.75) is 83.9 Å². The summed E-state index contributed by atoms with van der Waals surface area (Å²) in [5.74, 6) is 1.69. The standard InChI is InChI=1S/C25H40N4O3/c1-3-26-25(27-14-13-24(30)29-21-8-5-4-6-9-21)28-17-20-12-11-19(2)16-23(20)32-18-22-10-7-15-31-22/h11-12,16,21-22H,3-10,13-15,17-18H2,1-2H3,(H,29,30)(H2,26,27,28). The van der Waals surface area contributed by atoms with Crippen LogP contribution in [0, 0.1) is 6.92 Å². The summed E-state index contributed by atoms with van der Waals surface area (Å²) in [5, 5.41) is 9.71. The Labute approximate surface area is 192 Å². The van der Waals surface area contributed by atoms with Gasteiger partial charge in [0, 0.05) is 37.7 Å². The second-order valence-electron chi connectivity index (χ2n) is 8.83. The van der Waals surface area contributed by atoms with Crippen LogP contribution in [-0.2, 0) is 16.1 Å². The summed E-state index contributed by atoms with van der Waals surface area (Å²) in [7, 11) is 0. The summed E-state index contributed by atoms with van der Waals surface area (Å²) < 4.78 is 11.8. The topological polar surface area (TPSA) is 84.0 Å². The number of nitrogens with zero attached hydrogens (tertiary/aromatic N) is 1. The van der Waals surface area contributed by atoms with Crippen molar-refractivity contribution in [3.8, 4) is 5.75 Å². The van der Waals surface area contributed by atoms with Gasteiger partial charge in [-0.15, -0.1) is 0 Å². The molecule has 7 heteroatoms. The molecule has 1 aromatic carbocycles. The molecule has 1 saturated heterocycles. The van der Waals surface area contributed by atoms with Crippen molar-refractivity contribution in [1.29, 1.82) is 0 Å². The molecule has 0 bridgehead atoms. The van der Waals surface area contributed by atoms with Gasteiger partial charge in [0.25, 0.3) is 0 Å². The molecule has 1 atom stereocenters. The first-order chi connectivity index (χ1) is 15.6. The summed E-state index contributed by atoms with van der Waals surface area (Å²) in [6, 6.07) is 6.58. The summed E-state index contributed by atoms with van der Waals surface area (Å²) >= 11 is 0. The average Bonchev–Trinajstić information content (AvgIpc) is 3.31. The number of hydrogen-bond donors (Lipinski definition) is 3. The van der Waals surface area contributed by atoms with Crippen LogP contribution in [0.4, 0.5) is 0 Å². The van der Waals surface area contributed by atoms with Gasteiger partial charge in [-0.25, -0.2) is 4.99 Å². The predicted octanol–water partition coefficient (Wildman–Crippen LogP) is 3.45. The van der Waals surface area contributed by atoms with Crippen molar-refractivity contribution in [3.05, 3.63) is 29.3 Å². The summed E-state index contributed by atoms with van der Waals surface area (Å²) in [4.78, 5) is 17.0. The monoisotopic (exact) mass is 444 g/mol. The smallest absolute Gasteiger partial charge is 0.221 e. The molecule has 1 aromatic rings. The zero-order valence-electron chi connectivity index (χ0n) is 19.8. The third-order valence-corrected chi connectivity index (χ3v) is 6.04. The van der Waals surface area contributed by atoms with Crippen LogP contribution in [0.25, 0.3) is 0 Å². The molecule has 1 aliphatic heterocycles. The number of carbonyl (C=O) groups excluding carboxylic acids is 1. The van der Waals surface area contributed by atoms with Gasteiger partial charge < -0.3 is 25.4 Å². The molecule has 3 rings (SSSR count). The van der Waals surface area contributed by atoms with E-state index >= 15 is 0 Å². The maximum Gasteiger partial charge on any atom is 0.221 e. The Balaban J connectivity index is 1.49. The number of aryl methyl sites for hydroxylation is 1. The molecule has 1 aliphatic carbocycles. The molecule has 2 aliphatic rings. The largest absolute Gasteiger partial charge is 0.491 e. The summed E-state index contributed by atoms with van der Waals surface area (Å²) in [6.45, 7) is 7.33. The first-order valence-corrected chi connectivity index (χ1v) is 12.3. The second-order valence-corrected chi connectivity index (χ2v) is 8.83. The van der Waals surface area contributed by atoms with Gasteiger partial charge in [-0.3, -0.25) is 4.79 Å². The van der Waals surface area contributed by atoms with Crippen LogP contribution in [0.2, 0.25) is 0 Å². The molecule has 0 spiro atoms. The van der Waals surface area contributed by atoms with Crippen LogP contribution >= 0.6 is 0 Å².